The fraction of sp³-hybridized carbons (Fsp3) is 1.00. The van der Waals surface area contributed by atoms with Gasteiger partial charge in [0.1, 0.15) is 0 Å². The largest absolute Gasteiger partial charge is 0.389 e. The summed E-state index contributed by atoms with van der Waals surface area (Å²) in [5.74, 6) is 0. The minimum absolute atomic E-state index is 0.336. The molecule has 3 heteroatoms. The quantitative estimate of drug-likeness (QED) is 0.552. The summed E-state index contributed by atoms with van der Waals surface area (Å²) in [4.78, 5) is 0. The number of aliphatic hydroxyl groups excluding tert-OH is 1. The molecule has 1 saturated carbocycles. The van der Waals surface area contributed by atoms with Gasteiger partial charge in [0.2, 0.25) is 0 Å². The Morgan fingerprint density at radius 1 is 1.58 bits per heavy atom. The van der Waals surface area contributed by atoms with Crippen molar-refractivity contribution in [3.05, 3.63) is 0 Å². The highest BCUT2D eigenvalue weighted by molar-refractivity contribution is 4.81. The van der Waals surface area contributed by atoms with Crippen LogP contribution in [0.4, 0.5) is 0 Å². The molecule has 1 aliphatic rings. The summed E-state index contributed by atoms with van der Waals surface area (Å²) in [5.41, 5.74) is 0. The molecular formula is C9H19NO2. The van der Waals surface area contributed by atoms with Gasteiger partial charge in [-0.2, -0.15) is 0 Å². The van der Waals surface area contributed by atoms with Gasteiger partial charge in [-0.15, -0.1) is 0 Å². The molecule has 0 heterocycles. The fourth-order valence-corrected chi connectivity index (χ4v) is 1.01. The monoisotopic (exact) mass is 173 g/mol. The first-order chi connectivity index (χ1) is 5.83. The fourth-order valence-electron chi connectivity index (χ4n) is 1.01. The highest BCUT2D eigenvalue weighted by Gasteiger charge is 2.21. The molecule has 1 atom stereocenters. The predicted molar refractivity (Wildman–Crippen MR) is 48.1 cm³/mol. The number of hydrogen-bond donors (Lipinski definition) is 2. The molecule has 0 aromatic carbocycles. The molecule has 1 fully saturated rings. The van der Waals surface area contributed by atoms with Gasteiger partial charge >= 0.3 is 0 Å². The lowest BCUT2D eigenvalue weighted by Gasteiger charge is -2.11. The maximum Gasteiger partial charge on any atom is 0.0897 e. The van der Waals surface area contributed by atoms with Crippen LogP contribution >= 0.6 is 0 Å². The highest BCUT2D eigenvalue weighted by atomic mass is 16.5. The molecule has 0 aliphatic heterocycles. The van der Waals surface area contributed by atoms with E-state index in [0.29, 0.717) is 19.2 Å². The lowest BCUT2D eigenvalue weighted by Crippen LogP contribution is -2.31. The van der Waals surface area contributed by atoms with Gasteiger partial charge < -0.3 is 15.2 Å². The molecule has 0 spiro atoms. The Morgan fingerprint density at radius 3 is 2.92 bits per heavy atom. The second-order valence-corrected chi connectivity index (χ2v) is 3.41. The van der Waals surface area contributed by atoms with Gasteiger partial charge in [-0.25, -0.2) is 0 Å². The Morgan fingerprint density at radius 2 is 2.33 bits per heavy atom. The molecular weight excluding hydrogens is 154 g/mol. The summed E-state index contributed by atoms with van der Waals surface area (Å²) in [6.45, 7) is 3.96. The smallest absolute Gasteiger partial charge is 0.0897 e. The van der Waals surface area contributed by atoms with Gasteiger partial charge in [0.25, 0.3) is 0 Å². The molecule has 1 aliphatic carbocycles. The van der Waals surface area contributed by atoms with Crippen molar-refractivity contribution in [1.82, 2.24) is 5.32 Å². The summed E-state index contributed by atoms with van der Waals surface area (Å²) in [6, 6.07) is 0.672. The zero-order valence-electron chi connectivity index (χ0n) is 7.75. The maximum absolute atomic E-state index is 9.36. The topological polar surface area (TPSA) is 41.5 Å². The standard InChI is InChI=1S/C9H19NO2/c1-2-5-12-7-9(11)6-10-8-3-4-8/h8-11H,2-7H2,1H3. The Kier molecular flexibility index (Phi) is 4.58. The van der Waals surface area contributed by atoms with Gasteiger partial charge in [-0.05, 0) is 19.3 Å². The van der Waals surface area contributed by atoms with Crippen LogP contribution in [0.5, 0.6) is 0 Å². The molecule has 1 rings (SSSR count). The summed E-state index contributed by atoms with van der Waals surface area (Å²) in [7, 11) is 0. The van der Waals surface area contributed by atoms with Crippen LogP contribution in [-0.2, 0) is 4.74 Å². The molecule has 0 radical (unpaired) electrons. The van der Waals surface area contributed by atoms with Crippen LogP contribution in [-0.4, -0.2) is 37.0 Å². The molecule has 72 valence electrons. The van der Waals surface area contributed by atoms with E-state index in [-0.39, 0.29) is 6.10 Å². The molecule has 12 heavy (non-hydrogen) atoms. The van der Waals surface area contributed by atoms with E-state index in [1.54, 1.807) is 0 Å². The van der Waals surface area contributed by atoms with Crippen LogP contribution < -0.4 is 5.32 Å². The first-order valence-electron chi connectivity index (χ1n) is 4.82. The minimum Gasteiger partial charge on any atom is -0.389 e. The van der Waals surface area contributed by atoms with Gasteiger partial charge in [0.15, 0.2) is 0 Å². The van der Waals surface area contributed by atoms with E-state index in [2.05, 4.69) is 12.2 Å². The second-order valence-electron chi connectivity index (χ2n) is 3.41. The Bertz CT molecular complexity index is 115. The Balaban J connectivity index is 1.84. The van der Waals surface area contributed by atoms with E-state index in [4.69, 9.17) is 4.74 Å². The van der Waals surface area contributed by atoms with Gasteiger partial charge in [0.05, 0.1) is 12.7 Å². The van der Waals surface area contributed by atoms with Crippen molar-refractivity contribution in [3.8, 4) is 0 Å². The normalized spacial score (nSPS) is 19.5. The van der Waals surface area contributed by atoms with E-state index in [0.717, 1.165) is 13.0 Å². The van der Waals surface area contributed by atoms with E-state index in [1.165, 1.54) is 12.8 Å². The second kappa shape index (κ2) is 5.51. The number of ether oxygens (including phenoxy) is 1. The van der Waals surface area contributed by atoms with Crippen molar-refractivity contribution in [1.29, 1.82) is 0 Å². The molecule has 0 saturated heterocycles. The highest BCUT2D eigenvalue weighted by Crippen LogP contribution is 2.18. The van der Waals surface area contributed by atoms with Crippen molar-refractivity contribution in [2.75, 3.05) is 19.8 Å². The zero-order chi connectivity index (χ0) is 8.81. The van der Waals surface area contributed by atoms with E-state index in [9.17, 15) is 5.11 Å². The van der Waals surface area contributed by atoms with Gasteiger partial charge in [-0.3, -0.25) is 0 Å². The van der Waals surface area contributed by atoms with Crippen molar-refractivity contribution >= 4 is 0 Å². The molecule has 0 aromatic heterocycles. The molecule has 0 amide bonds. The van der Waals surface area contributed by atoms with Crippen LogP contribution in [0.2, 0.25) is 0 Å². The SMILES string of the molecule is CCCOCC(O)CNC1CC1. The number of aliphatic hydroxyl groups is 1. The van der Waals surface area contributed by atoms with Crippen LogP contribution in [0.3, 0.4) is 0 Å². The number of hydrogen-bond acceptors (Lipinski definition) is 3. The summed E-state index contributed by atoms with van der Waals surface area (Å²) in [5, 5.41) is 12.6. The first kappa shape index (κ1) is 9.96. The Hall–Kier alpha value is -0.120. The maximum atomic E-state index is 9.36. The zero-order valence-corrected chi connectivity index (χ0v) is 7.75. The van der Waals surface area contributed by atoms with Crippen LogP contribution in [0.25, 0.3) is 0 Å². The van der Waals surface area contributed by atoms with Gasteiger partial charge in [0, 0.05) is 19.2 Å². The average molecular weight is 173 g/mol. The van der Waals surface area contributed by atoms with Crippen molar-refractivity contribution < 1.29 is 9.84 Å². The minimum atomic E-state index is -0.336. The number of nitrogens with one attached hydrogen (secondary N) is 1. The third kappa shape index (κ3) is 4.70. The average Bonchev–Trinajstić information content (AvgIpc) is 2.84. The molecule has 0 bridgehead atoms. The first-order valence-corrected chi connectivity index (χ1v) is 4.82. The van der Waals surface area contributed by atoms with Crippen molar-refractivity contribution in [3.63, 3.8) is 0 Å². The van der Waals surface area contributed by atoms with E-state index < -0.39 is 0 Å². The lowest BCUT2D eigenvalue weighted by atomic mass is 10.3. The van der Waals surface area contributed by atoms with E-state index >= 15 is 0 Å². The van der Waals surface area contributed by atoms with Gasteiger partial charge in [-0.1, -0.05) is 6.92 Å². The lowest BCUT2D eigenvalue weighted by molar-refractivity contribution is 0.0372. The van der Waals surface area contributed by atoms with Crippen molar-refractivity contribution in [2.24, 2.45) is 0 Å². The Labute approximate surface area is 74.1 Å². The third-order valence-corrected chi connectivity index (χ3v) is 1.88. The van der Waals surface area contributed by atoms with E-state index in [1.807, 2.05) is 0 Å². The number of rotatable bonds is 7. The van der Waals surface area contributed by atoms with Crippen LogP contribution in [0.1, 0.15) is 26.2 Å². The predicted octanol–water partition coefficient (Wildman–Crippen LogP) is 0.526. The third-order valence-electron chi connectivity index (χ3n) is 1.88. The molecule has 1 unspecified atom stereocenters. The summed E-state index contributed by atoms with van der Waals surface area (Å²) < 4.78 is 5.21. The molecule has 3 nitrogen and oxygen atoms in total. The summed E-state index contributed by atoms with van der Waals surface area (Å²) in [6.07, 6.45) is 3.21. The molecule has 2 N–H and O–H groups in total. The van der Waals surface area contributed by atoms with Crippen molar-refractivity contribution in [2.45, 2.75) is 38.3 Å². The van der Waals surface area contributed by atoms with Crippen LogP contribution in [0, 0.1) is 0 Å². The molecule has 0 aromatic rings. The van der Waals surface area contributed by atoms with Crippen LogP contribution in [0.15, 0.2) is 0 Å². The summed E-state index contributed by atoms with van der Waals surface area (Å²) >= 11 is 0.